The molecular weight excluding hydrogens is 222 g/mol. The van der Waals surface area contributed by atoms with Gasteiger partial charge in [0.05, 0.1) is 0 Å². The van der Waals surface area contributed by atoms with Crippen LogP contribution in [0.1, 0.15) is 5.56 Å². The molecule has 0 aliphatic rings. The first-order valence-electron chi connectivity index (χ1n) is 3.39. The van der Waals surface area contributed by atoms with Crippen molar-refractivity contribution in [3.8, 4) is 0 Å². The Kier molecular flexibility index (Phi) is 3.97. The second-order valence-corrected chi connectivity index (χ2v) is 3.44. The molecule has 0 spiro atoms. The lowest BCUT2D eigenvalue weighted by Crippen LogP contribution is -2.09. The number of nitrogens with one attached hydrogen (secondary N) is 1. The van der Waals surface area contributed by atoms with Crippen LogP contribution in [0.2, 0.25) is 0 Å². The van der Waals surface area contributed by atoms with E-state index in [4.69, 9.17) is 0 Å². The van der Waals surface area contributed by atoms with Crippen molar-refractivity contribution >= 4 is 28.6 Å². The van der Waals surface area contributed by atoms with E-state index in [0.717, 1.165) is 16.9 Å². The van der Waals surface area contributed by atoms with Crippen LogP contribution in [0.15, 0.2) is 28.7 Å². The maximum Gasteiger partial charge on any atom is 0.0390 e. The molecule has 0 saturated carbocycles. The number of benzene rings is 1. The molecule has 0 amide bonds. The van der Waals surface area contributed by atoms with E-state index in [2.05, 4.69) is 46.0 Å². The minimum atomic E-state index is 0.718. The maximum absolute atomic E-state index is 4.05. The van der Waals surface area contributed by atoms with E-state index in [9.17, 15) is 0 Å². The first kappa shape index (κ1) is 9.10. The molecule has 1 aromatic carbocycles. The van der Waals surface area contributed by atoms with Crippen molar-refractivity contribution in [2.45, 2.75) is 6.54 Å². The van der Waals surface area contributed by atoms with Crippen LogP contribution in [0, 0.1) is 0 Å². The average Bonchev–Trinajstić information content (AvgIpc) is 2.04. The molecule has 0 unspecified atom stereocenters. The van der Waals surface area contributed by atoms with Crippen molar-refractivity contribution in [3.63, 3.8) is 0 Å². The molecule has 0 fully saturated rings. The molecule has 0 radical (unpaired) electrons. The van der Waals surface area contributed by atoms with Crippen LogP contribution in [-0.4, -0.2) is 5.88 Å². The van der Waals surface area contributed by atoms with Crippen LogP contribution in [-0.2, 0) is 6.54 Å². The van der Waals surface area contributed by atoms with Gasteiger partial charge in [0.15, 0.2) is 0 Å². The molecule has 1 aromatic rings. The Morgan fingerprint density at radius 2 is 1.91 bits per heavy atom. The average molecular weight is 232 g/mol. The lowest BCUT2D eigenvalue weighted by atomic mass is 10.2. The number of hydrogen-bond donors (Lipinski definition) is 2. The van der Waals surface area contributed by atoms with Crippen LogP contribution >= 0.6 is 28.6 Å². The molecule has 0 atom stereocenters. The van der Waals surface area contributed by atoms with Crippen LogP contribution in [0.3, 0.4) is 0 Å². The Bertz CT molecular complexity index is 210. The summed E-state index contributed by atoms with van der Waals surface area (Å²) in [5, 5.41) is 3.13. The van der Waals surface area contributed by atoms with Gasteiger partial charge in [-0.25, -0.2) is 0 Å². The fourth-order valence-electron chi connectivity index (χ4n) is 0.802. The normalized spacial score (nSPS) is 10.0. The Morgan fingerprint density at radius 1 is 1.27 bits per heavy atom. The second-order valence-electron chi connectivity index (χ2n) is 2.21. The monoisotopic (exact) mass is 231 g/mol. The molecule has 1 nitrogen and oxygen atoms in total. The molecule has 1 rings (SSSR count). The summed E-state index contributed by atoms with van der Waals surface area (Å²) in [6, 6.07) is 8.24. The third-order valence-electron chi connectivity index (χ3n) is 1.35. The zero-order chi connectivity index (χ0) is 8.10. The van der Waals surface area contributed by atoms with Gasteiger partial charge in [0.25, 0.3) is 0 Å². The molecular formula is C8H10BrNS. The zero-order valence-electron chi connectivity index (χ0n) is 6.05. The van der Waals surface area contributed by atoms with Crippen molar-refractivity contribution in [3.05, 3.63) is 34.3 Å². The van der Waals surface area contributed by atoms with Crippen LogP contribution in [0.5, 0.6) is 0 Å². The maximum atomic E-state index is 4.05. The minimum absolute atomic E-state index is 0.718. The van der Waals surface area contributed by atoms with E-state index in [1.54, 1.807) is 0 Å². The molecule has 0 saturated heterocycles. The summed E-state index contributed by atoms with van der Waals surface area (Å²) in [6.45, 7) is 0.886. The van der Waals surface area contributed by atoms with Gasteiger partial charge in [-0.2, -0.15) is 12.6 Å². The van der Waals surface area contributed by atoms with E-state index >= 15 is 0 Å². The van der Waals surface area contributed by atoms with Gasteiger partial charge < -0.3 is 5.32 Å². The number of thiol groups is 1. The third-order valence-corrected chi connectivity index (χ3v) is 2.11. The molecule has 0 aliphatic heterocycles. The highest BCUT2D eigenvalue weighted by molar-refractivity contribution is 9.10. The summed E-state index contributed by atoms with van der Waals surface area (Å²) in [7, 11) is 0. The van der Waals surface area contributed by atoms with E-state index in [1.165, 1.54) is 5.56 Å². The Balaban J connectivity index is 2.52. The molecule has 11 heavy (non-hydrogen) atoms. The van der Waals surface area contributed by atoms with Crippen molar-refractivity contribution in [2.24, 2.45) is 0 Å². The van der Waals surface area contributed by atoms with E-state index in [-0.39, 0.29) is 0 Å². The van der Waals surface area contributed by atoms with Crippen LogP contribution < -0.4 is 5.32 Å². The second kappa shape index (κ2) is 4.80. The summed E-state index contributed by atoms with van der Waals surface area (Å²) in [5.41, 5.74) is 1.28. The van der Waals surface area contributed by atoms with Crippen LogP contribution in [0.25, 0.3) is 0 Å². The fourth-order valence-corrected chi connectivity index (χ4v) is 1.18. The first-order chi connectivity index (χ1) is 5.33. The Morgan fingerprint density at radius 3 is 2.45 bits per heavy atom. The quantitative estimate of drug-likeness (QED) is 0.602. The Hall–Kier alpha value is 0.01000. The first-order valence-corrected chi connectivity index (χ1v) is 4.81. The summed E-state index contributed by atoms with van der Waals surface area (Å²) in [6.07, 6.45) is 0. The van der Waals surface area contributed by atoms with Gasteiger partial charge in [0, 0.05) is 16.9 Å². The highest BCUT2D eigenvalue weighted by Gasteiger charge is 1.89. The van der Waals surface area contributed by atoms with Gasteiger partial charge in [-0.05, 0) is 17.7 Å². The Labute approximate surface area is 80.7 Å². The van der Waals surface area contributed by atoms with Gasteiger partial charge in [-0.1, -0.05) is 28.1 Å². The number of halogens is 1. The van der Waals surface area contributed by atoms with Gasteiger partial charge in [-0.3, -0.25) is 0 Å². The van der Waals surface area contributed by atoms with Gasteiger partial charge in [-0.15, -0.1) is 0 Å². The molecule has 0 bridgehead atoms. The standard InChI is InChI=1S/C8H10BrNS/c9-8-3-1-7(2-4-8)5-10-6-11/h1-4,10-11H,5-6H2. The molecule has 1 N–H and O–H groups in total. The third kappa shape index (κ3) is 3.27. The lowest BCUT2D eigenvalue weighted by molar-refractivity contribution is 0.798. The summed E-state index contributed by atoms with van der Waals surface area (Å²) >= 11 is 7.43. The number of hydrogen-bond acceptors (Lipinski definition) is 2. The predicted molar refractivity (Wildman–Crippen MR) is 54.8 cm³/mol. The molecule has 0 aromatic heterocycles. The van der Waals surface area contributed by atoms with Crippen molar-refractivity contribution < 1.29 is 0 Å². The number of rotatable bonds is 3. The zero-order valence-corrected chi connectivity index (χ0v) is 8.53. The molecule has 0 heterocycles. The highest BCUT2D eigenvalue weighted by Crippen LogP contribution is 2.09. The topological polar surface area (TPSA) is 12.0 Å². The highest BCUT2D eigenvalue weighted by atomic mass is 79.9. The smallest absolute Gasteiger partial charge is 0.0390 e. The van der Waals surface area contributed by atoms with E-state index in [1.807, 2.05) is 12.1 Å². The molecule has 60 valence electrons. The predicted octanol–water partition coefficient (Wildman–Crippen LogP) is 2.43. The van der Waals surface area contributed by atoms with E-state index < -0.39 is 0 Å². The SMILES string of the molecule is SCNCc1ccc(Br)cc1. The largest absolute Gasteiger partial charge is 0.304 e. The van der Waals surface area contributed by atoms with Crippen molar-refractivity contribution in [2.75, 3.05) is 5.88 Å². The lowest BCUT2D eigenvalue weighted by Gasteiger charge is -2.00. The van der Waals surface area contributed by atoms with Crippen LogP contribution in [0.4, 0.5) is 0 Å². The minimum Gasteiger partial charge on any atom is -0.304 e. The fraction of sp³-hybridized carbons (Fsp3) is 0.250. The van der Waals surface area contributed by atoms with E-state index in [0.29, 0.717) is 0 Å². The van der Waals surface area contributed by atoms with Crippen molar-refractivity contribution in [1.29, 1.82) is 0 Å². The van der Waals surface area contributed by atoms with Gasteiger partial charge >= 0.3 is 0 Å². The van der Waals surface area contributed by atoms with Gasteiger partial charge in [0.2, 0.25) is 0 Å². The van der Waals surface area contributed by atoms with Gasteiger partial charge in [0.1, 0.15) is 0 Å². The summed E-state index contributed by atoms with van der Waals surface area (Å²) < 4.78 is 1.12. The summed E-state index contributed by atoms with van der Waals surface area (Å²) in [4.78, 5) is 0. The molecule has 3 heteroatoms. The molecule has 0 aliphatic carbocycles. The van der Waals surface area contributed by atoms with Crippen molar-refractivity contribution in [1.82, 2.24) is 5.32 Å². The summed E-state index contributed by atoms with van der Waals surface area (Å²) in [5.74, 6) is 0.718.